The van der Waals surface area contributed by atoms with E-state index in [9.17, 15) is 0 Å². The predicted molar refractivity (Wildman–Crippen MR) is 72.4 cm³/mol. The lowest BCUT2D eigenvalue weighted by atomic mass is 10.1. The lowest BCUT2D eigenvalue weighted by Crippen LogP contribution is -2.02. The van der Waals surface area contributed by atoms with E-state index in [1.165, 1.54) is 0 Å². The van der Waals surface area contributed by atoms with Gasteiger partial charge in [0.2, 0.25) is 0 Å². The van der Waals surface area contributed by atoms with Crippen molar-refractivity contribution < 1.29 is 5.11 Å². The highest BCUT2D eigenvalue weighted by Gasteiger charge is 1.99. The smallest absolute Gasteiger partial charge is 0.0669 e. The minimum Gasteiger partial charge on any atom is -0.394 e. The number of hydrogen-bond donors (Lipinski definition) is 2. The number of benzene rings is 1. The molecule has 0 atom stereocenters. The van der Waals surface area contributed by atoms with Gasteiger partial charge in [0, 0.05) is 24.0 Å². The molecular weight excluding hydrogens is 240 g/mol. The molecule has 0 radical (unpaired) electrons. The number of nitrogens with zero attached hydrogens (tertiary/aromatic N) is 3. The Balaban J connectivity index is 1.89. The van der Waals surface area contributed by atoms with E-state index in [1.807, 2.05) is 30.5 Å². The molecule has 1 aromatic carbocycles. The number of aliphatic hydroxyl groups is 1. The molecule has 2 rings (SSSR count). The van der Waals surface area contributed by atoms with Crippen molar-refractivity contribution in [3.05, 3.63) is 47.8 Å². The molecule has 5 nitrogen and oxygen atoms in total. The molecule has 0 saturated heterocycles. The molecule has 0 aliphatic heterocycles. The van der Waals surface area contributed by atoms with Crippen molar-refractivity contribution >= 4 is 5.69 Å². The number of rotatable bonds is 6. The van der Waals surface area contributed by atoms with Crippen molar-refractivity contribution in [3.8, 4) is 6.07 Å². The summed E-state index contributed by atoms with van der Waals surface area (Å²) in [6.45, 7) is 1.29. The molecule has 0 bridgehead atoms. The van der Waals surface area contributed by atoms with Crippen LogP contribution in [0.2, 0.25) is 0 Å². The zero-order valence-corrected chi connectivity index (χ0v) is 10.6. The maximum atomic E-state index is 8.81. The van der Waals surface area contributed by atoms with Crippen molar-refractivity contribution in [2.45, 2.75) is 19.5 Å². The van der Waals surface area contributed by atoms with E-state index in [-0.39, 0.29) is 6.61 Å². The van der Waals surface area contributed by atoms with Gasteiger partial charge in [-0.3, -0.25) is 4.68 Å². The SMILES string of the molecule is N#CCc1ccc(NCc2cnn(CCO)c2)cc1. The van der Waals surface area contributed by atoms with Crippen molar-refractivity contribution in [2.24, 2.45) is 0 Å². The Morgan fingerprint density at radius 1 is 1.26 bits per heavy atom. The predicted octanol–water partition coefficient (Wildman–Crippen LogP) is 1.55. The van der Waals surface area contributed by atoms with Crippen molar-refractivity contribution in [1.29, 1.82) is 5.26 Å². The third-order valence-electron chi connectivity index (χ3n) is 2.75. The Morgan fingerprint density at radius 2 is 2.05 bits per heavy atom. The maximum absolute atomic E-state index is 8.81. The summed E-state index contributed by atoms with van der Waals surface area (Å²) in [5.74, 6) is 0. The molecule has 0 unspecified atom stereocenters. The number of hydrogen-bond acceptors (Lipinski definition) is 4. The van der Waals surface area contributed by atoms with Gasteiger partial charge in [0.05, 0.1) is 31.8 Å². The summed E-state index contributed by atoms with van der Waals surface area (Å²) in [5.41, 5.74) is 3.09. The standard InChI is InChI=1S/C14H16N4O/c15-6-5-12-1-3-14(4-2-12)16-9-13-10-17-18(11-13)7-8-19/h1-4,10-11,16,19H,5,7-9H2. The van der Waals surface area contributed by atoms with Crippen molar-refractivity contribution in [2.75, 3.05) is 11.9 Å². The first kappa shape index (κ1) is 13.1. The van der Waals surface area contributed by atoms with Crippen LogP contribution >= 0.6 is 0 Å². The van der Waals surface area contributed by atoms with Gasteiger partial charge in [0.25, 0.3) is 0 Å². The maximum Gasteiger partial charge on any atom is 0.0669 e. The summed E-state index contributed by atoms with van der Waals surface area (Å²) in [5, 5.41) is 24.8. The highest BCUT2D eigenvalue weighted by molar-refractivity contribution is 5.45. The van der Waals surface area contributed by atoms with Gasteiger partial charge < -0.3 is 10.4 Å². The van der Waals surface area contributed by atoms with Crippen LogP contribution in [-0.2, 0) is 19.5 Å². The van der Waals surface area contributed by atoms with Crippen LogP contribution in [0.4, 0.5) is 5.69 Å². The lowest BCUT2D eigenvalue weighted by Gasteiger charge is -2.05. The van der Waals surface area contributed by atoms with Gasteiger partial charge in [0.1, 0.15) is 0 Å². The summed E-state index contributed by atoms with van der Waals surface area (Å²) in [4.78, 5) is 0. The van der Waals surface area contributed by atoms with Gasteiger partial charge in [0.15, 0.2) is 0 Å². The molecule has 2 N–H and O–H groups in total. The van der Waals surface area contributed by atoms with Gasteiger partial charge in [-0.15, -0.1) is 0 Å². The molecule has 2 aromatic rings. The largest absolute Gasteiger partial charge is 0.394 e. The molecular formula is C14H16N4O. The Bertz CT molecular complexity index is 554. The zero-order chi connectivity index (χ0) is 13.5. The van der Waals surface area contributed by atoms with Gasteiger partial charge in [-0.25, -0.2) is 0 Å². The number of aromatic nitrogens is 2. The van der Waals surface area contributed by atoms with Gasteiger partial charge in [-0.1, -0.05) is 12.1 Å². The molecule has 5 heteroatoms. The second kappa shape index (κ2) is 6.57. The number of nitrogens with one attached hydrogen (secondary N) is 1. The minimum absolute atomic E-state index is 0.0922. The number of aliphatic hydroxyl groups excluding tert-OH is 1. The topological polar surface area (TPSA) is 73.9 Å². The third kappa shape index (κ3) is 3.83. The quantitative estimate of drug-likeness (QED) is 0.822. The summed E-state index contributed by atoms with van der Waals surface area (Å²) in [6.07, 6.45) is 4.13. The van der Waals surface area contributed by atoms with E-state index >= 15 is 0 Å². The molecule has 0 saturated carbocycles. The van der Waals surface area contributed by atoms with Gasteiger partial charge in [-0.2, -0.15) is 10.4 Å². The van der Waals surface area contributed by atoms with Crippen molar-refractivity contribution in [3.63, 3.8) is 0 Å². The zero-order valence-electron chi connectivity index (χ0n) is 10.6. The van der Waals surface area contributed by atoms with Crippen LogP contribution in [0.5, 0.6) is 0 Å². The Morgan fingerprint density at radius 3 is 2.74 bits per heavy atom. The monoisotopic (exact) mass is 256 g/mol. The molecule has 19 heavy (non-hydrogen) atoms. The van der Waals surface area contributed by atoms with E-state index in [4.69, 9.17) is 10.4 Å². The Hall–Kier alpha value is -2.32. The first-order chi connectivity index (χ1) is 9.31. The molecule has 0 aliphatic rings. The minimum atomic E-state index is 0.0922. The van der Waals surface area contributed by atoms with Crippen LogP contribution in [0.1, 0.15) is 11.1 Å². The molecule has 0 amide bonds. The van der Waals surface area contributed by atoms with Crippen LogP contribution in [0, 0.1) is 11.3 Å². The summed E-state index contributed by atoms with van der Waals surface area (Å²) >= 11 is 0. The van der Waals surface area contributed by atoms with E-state index in [0.29, 0.717) is 19.5 Å². The van der Waals surface area contributed by atoms with Crippen LogP contribution < -0.4 is 5.32 Å². The molecule has 1 aromatic heterocycles. The van der Waals surface area contributed by atoms with Crippen molar-refractivity contribution in [1.82, 2.24) is 9.78 Å². The third-order valence-corrected chi connectivity index (χ3v) is 2.75. The van der Waals surface area contributed by atoms with E-state index in [2.05, 4.69) is 16.5 Å². The fourth-order valence-corrected chi connectivity index (χ4v) is 1.76. The van der Waals surface area contributed by atoms with E-state index in [1.54, 1.807) is 10.9 Å². The van der Waals surface area contributed by atoms with E-state index < -0.39 is 0 Å². The summed E-state index contributed by atoms with van der Waals surface area (Å²) in [7, 11) is 0. The lowest BCUT2D eigenvalue weighted by molar-refractivity contribution is 0.269. The fraction of sp³-hybridized carbons (Fsp3) is 0.286. The Kier molecular flexibility index (Phi) is 4.54. The average Bonchev–Trinajstić information content (AvgIpc) is 2.87. The first-order valence-electron chi connectivity index (χ1n) is 6.14. The van der Waals surface area contributed by atoms with Crippen LogP contribution in [0.15, 0.2) is 36.7 Å². The number of nitriles is 1. The Labute approximate surface area is 112 Å². The van der Waals surface area contributed by atoms with Gasteiger partial charge in [-0.05, 0) is 17.7 Å². The summed E-state index contributed by atoms with van der Waals surface area (Å²) in [6, 6.07) is 9.94. The summed E-state index contributed by atoms with van der Waals surface area (Å²) < 4.78 is 1.72. The second-order valence-electron chi connectivity index (χ2n) is 4.22. The molecule has 0 fully saturated rings. The molecule has 0 spiro atoms. The average molecular weight is 256 g/mol. The van der Waals surface area contributed by atoms with Gasteiger partial charge >= 0.3 is 0 Å². The number of anilines is 1. The highest BCUT2D eigenvalue weighted by atomic mass is 16.3. The van der Waals surface area contributed by atoms with Crippen LogP contribution in [0.25, 0.3) is 0 Å². The van der Waals surface area contributed by atoms with E-state index in [0.717, 1.165) is 16.8 Å². The normalized spacial score (nSPS) is 10.1. The highest BCUT2D eigenvalue weighted by Crippen LogP contribution is 2.11. The van der Waals surface area contributed by atoms with Crippen LogP contribution in [-0.4, -0.2) is 21.5 Å². The van der Waals surface area contributed by atoms with Crippen LogP contribution in [0.3, 0.4) is 0 Å². The molecule has 0 aliphatic carbocycles. The molecule has 1 heterocycles. The molecule has 98 valence electrons. The second-order valence-corrected chi connectivity index (χ2v) is 4.22. The first-order valence-corrected chi connectivity index (χ1v) is 6.14. The fourth-order valence-electron chi connectivity index (χ4n) is 1.76.